The maximum absolute atomic E-state index is 2.33. The minimum Gasteiger partial charge on any atom is -0.0590 e. The molecule has 0 saturated carbocycles. The molecular formula is C32H34. The van der Waals surface area contributed by atoms with Gasteiger partial charge in [-0.2, -0.15) is 0 Å². The zero-order valence-corrected chi connectivity index (χ0v) is 20.2. The monoisotopic (exact) mass is 418 g/mol. The summed E-state index contributed by atoms with van der Waals surface area (Å²) in [5.41, 5.74) is 10.1. The number of benzene rings is 4. The predicted molar refractivity (Wildman–Crippen MR) is 138 cm³/mol. The molecular weight excluding hydrogens is 384 g/mol. The summed E-state index contributed by atoms with van der Waals surface area (Å²) < 4.78 is 0. The van der Waals surface area contributed by atoms with Crippen LogP contribution in [0.15, 0.2) is 97.1 Å². The molecule has 0 spiro atoms. The Morgan fingerprint density at radius 2 is 0.562 bits per heavy atom. The molecule has 0 aliphatic carbocycles. The molecule has 0 aliphatic heterocycles. The van der Waals surface area contributed by atoms with Crippen molar-refractivity contribution in [2.24, 2.45) is 0 Å². The Morgan fingerprint density at radius 3 is 0.812 bits per heavy atom. The summed E-state index contributed by atoms with van der Waals surface area (Å²) in [4.78, 5) is 0. The topological polar surface area (TPSA) is 0 Å². The van der Waals surface area contributed by atoms with E-state index >= 15 is 0 Å². The molecule has 0 bridgehead atoms. The van der Waals surface area contributed by atoms with Gasteiger partial charge in [0.25, 0.3) is 0 Å². The average molecular weight is 419 g/mol. The van der Waals surface area contributed by atoms with Crippen LogP contribution in [0.3, 0.4) is 0 Å². The molecule has 0 nitrogen and oxygen atoms in total. The lowest BCUT2D eigenvalue weighted by atomic mass is 9.64. The second-order valence-corrected chi connectivity index (χ2v) is 10.2. The van der Waals surface area contributed by atoms with Crippen LogP contribution in [0.25, 0.3) is 0 Å². The Kier molecular flexibility index (Phi) is 5.82. The van der Waals surface area contributed by atoms with E-state index in [-0.39, 0.29) is 10.8 Å². The number of aryl methyl sites for hydroxylation is 3. The maximum Gasteiger partial charge on any atom is 0.0701 e. The standard InChI is InChI=1S/C32H34/c1-23-7-13-27(14-8-23)32(28-15-9-24(2)10-16-28,29-17-11-25(3)12-18-29)30-21-19-26(20-22-30)31(4,5)6/h7-22H,1-6H3. The fourth-order valence-electron chi connectivity index (χ4n) is 4.63. The molecule has 0 fully saturated rings. The van der Waals surface area contributed by atoms with Crippen molar-refractivity contribution < 1.29 is 0 Å². The van der Waals surface area contributed by atoms with Gasteiger partial charge >= 0.3 is 0 Å². The van der Waals surface area contributed by atoms with Crippen molar-refractivity contribution in [3.05, 3.63) is 142 Å². The van der Waals surface area contributed by atoms with E-state index in [1.165, 1.54) is 44.5 Å². The minimum atomic E-state index is -0.383. The molecule has 4 aromatic rings. The second kappa shape index (κ2) is 8.43. The lowest BCUT2D eigenvalue weighted by Crippen LogP contribution is -2.31. The molecule has 0 amide bonds. The van der Waals surface area contributed by atoms with Crippen molar-refractivity contribution in [2.75, 3.05) is 0 Å². The Labute approximate surface area is 194 Å². The molecule has 0 heterocycles. The molecule has 0 saturated heterocycles. The molecule has 0 heteroatoms. The fourth-order valence-corrected chi connectivity index (χ4v) is 4.63. The van der Waals surface area contributed by atoms with Gasteiger partial charge in [-0.1, -0.05) is 135 Å². The quantitative estimate of drug-likeness (QED) is 0.292. The minimum absolute atomic E-state index is 0.124. The summed E-state index contributed by atoms with van der Waals surface area (Å²) in [5.74, 6) is 0. The van der Waals surface area contributed by atoms with Gasteiger partial charge in [-0.25, -0.2) is 0 Å². The highest BCUT2D eigenvalue weighted by Gasteiger charge is 2.38. The Hall–Kier alpha value is -3.12. The third-order valence-electron chi connectivity index (χ3n) is 6.64. The molecule has 4 aromatic carbocycles. The molecule has 0 N–H and O–H groups in total. The zero-order valence-electron chi connectivity index (χ0n) is 20.2. The van der Waals surface area contributed by atoms with Gasteiger partial charge < -0.3 is 0 Å². The number of rotatable bonds is 4. The van der Waals surface area contributed by atoms with Gasteiger partial charge in [0, 0.05) is 0 Å². The first-order valence-electron chi connectivity index (χ1n) is 11.5. The van der Waals surface area contributed by atoms with Gasteiger partial charge in [-0.15, -0.1) is 0 Å². The van der Waals surface area contributed by atoms with E-state index in [1.807, 2.05) is 0 Å². The van der Waals surface area contributed by atoms with Crippen molar-refractivity contribution in [3.8, 4) is 0 Å². The first-order valence-corrected chi connectivity index (χ1v) is 11.5. The summed E-state index contributed by atoms with van der Waals surface area (Å²) in [6, 6.07) is 36.5. The van der Waals surface area contributed by atoms with Crippen LogP contribution in [0.5, 0.6) is 0 Å². The van der Waals surface area contributed by atoms with E-state index in [0.717, 1.165) is 0 Å². The van der Waals surface area contributed by atoms with Crippen LogP contribution in [0, 0.1) is 20.8 Å². The van der Waals surface area contributed by atoms with Crippen LogP contribution in [0.4, 0.5) is 0 Å². The van der Waals surface area contributed by atoms with Crippen LogP contribution in [-0.2, 0) is 10.8 Å². The summed E-state index contributed by atoms with van der Waals surface area (Å²) in [7, 11) is 0. The molecule has 0 unspecified atom stereocenters. The third kappa shape index (κ3) is 4.02. The van der Waals surface area contributed by atoms with Crippen molar-refractivity contribution in [2.45, 2.75) is 52.4 Å². The van der Waals surface area contributed by atoms with Gasteiger partial charge in [0.1, 0.15) is 0 Å². The number of hydrogen-bond acceptors (Lipinski definition) is 0. The van der Waals surface area contributed by atoms with E-state index in [4.69, 9.17) is 0 Å². The van der Waals surface area contributed by atoms with E-state index in [2.05, 4.69) is 139 Å². The normalized spacial score (nSPS) is 12.1. The lowest BCUT2D eigenvalue weighted by molar-refractivity contribution is 0.589. The molecule has 4 rings (SSSR count). The van der Waals surface area contributed by atoms with Crippen LogP contribution >= 0.6 is 0 Å². The third-order valence-corrected chi connectivity index (χ3v) is 6.64. The van der Waals surface area contributed by atoms with Crippen LogP contribution in [-0.4, -0.2) is 0 Å². The van der Waals surface area contributed by atoms with Crippen molar-refractivity contribution in [1.29, 1.82) is 0 Å². The summed E-state index contributed by atoms with van der Waals surface area (Å²) in [5, 5.41) is 0. The zero-order chi connectivity index (χ0) is 22.9. The Balaban J connectivity index is 2.08. The predicted octanol–water partition coefficient (Wildman–Crippen LogP) is 8.29. The maximum atomic E-state index is 2.33. The summed E-state index contributed by atoms with van der Waals surface area (Å²) in [6.07, 6.45) is 0. The molecule has 0 atom stereocenters. The van der Waals surface area contributed by atoms with Crippen molar-refractivity contribution in [1.82, 2.24) is 0 Å². The van der Waals surface area contributed by atoms with Gasteiger partial charge in [-0.05, 0) is 54.0 Å². The van der Waals surface area contributed by atoms with E-state index < -0.39 is 0 Å². The highest BCUT2D eigenvalue weighted by Crippen LogP contribution is 2.45. The number of hydrogen-bond donors (Lipinski definition) is 0. The van der Waals surface area contributed by atoms with Gasteiger partial charge in [0.15, 0.2) is 0 Å². The van der Waals surface area contributed by atoms with E-state index in [0.29, 0.717) is 0 Å². The average Bonchev–Trinajstić information content (AvgIpc) is 2.77. The largest absolute Gasteiger partial charge is 0.0701 e. The van der Waals surface area contributed by atoms with Crippen LogP contribution < -0.4 is 0 Å². The highest BCUT2D eigenvalue weighted by molar-refractivity contribution is 5.60. The van der Waals surface area contributed by atoms with Crippen LogP contribution in [0.2, 0.25) is 0 Å². The lowest BCUT2D eigenvalue weighted by Gasteiger charge is -2.37. The first-order chi connectivity index (χ1) is 15.2. The highest BCUT2D eigenvalue weighted by atomic mass is 14.4. The Morgan fingerprint density at radius 1 is 0.344 bits per heavy atom. The van der Waals surface area contributed by atoms with Crippen LogP contribution in [0.1, 0.15) is 65.3 Å². The molecule has 0 radical (unpaired) electrons. The second-order valence-electron chi connectivity index (χ2n) is 10.2. The summed E-state index contributed by atoms with van der Waals surface area (Å²) in [6.45, 7) is 13.3. The first kappa shape index (κ1) is 22.1. The van der Waals surface area contributed by atoms with Gasteiger partial charge in [0.2, 0.25) is 0 Å². The molecule has 0 aromatic heterocycles. The van der Waals surface area contributed by atoms with E-state index in [9.17, 15) is 0 Å². The van der Waals surface area contributed by atoms with E-state index in [1.54, 1.807) is 0 Å². The molecule has 0 aliphatic rings. The Bertz CT molecular complexity index is 1060. The molecule has 162 valence electrons. The van der Waals surface area contributed by atoms with Gasteiger partial charge in [-0.3, -0.25) is 0 Å². The van der Waals surface area contributed by atoms with Crippen molar-refractivity contribution in [3.63, 3.8) is 0 Å². The fraction of sp³-hybridized carbons (Fsp3) is 0.250. The van der Waals surface area contributed by atoms with Crippen molar-refractivity contribution >= 4 is 0 Å². The molecule has 32 heavy (non-hydrogen) atoms. The van der Waals surface area contributed by atoms with Gasteiger partial charge in [0.05, 0.1) is 5.41 Å². The summed E-state index contributed by atoms with van der Waals surface area (Å²) >= 11 is 0. The SMILES string of the molecule is Cc1ccc(C(c2ccc(C)cc2)(c2ccc(C)cc2)c2ccc(C(C)(C)C)cc2)cc1. The smallest absolute Gasteiger partial charge is 0.0590 e.